The van der Waals surface area contributed by atoms with Crippen LogP contribution in [0.15, 0.2) is 73.2 Å². The molecule has 0 fully saturated rings. The molecule has 0 saturated heterocycles. The van der Waals surface area contributed by atoms with Gasteiger partial charge in [0.25, 0.3) is 0 Å². The fraction of sp³-hybridized carbons (Fsp3) is 0.0435. The minimum atomic E-state index is -4.71. The highest BCUT2D eigenvalue weighted by Gasteiger charge is 2.34. The van der Waals surface area contributed by atoms with Crippen LogP contribution >= 0.6 is 0 Å². The van der Waals surface area contributed by atoms with E-state index in [0.717, 1.165) is 16.8 Å². The van der Waals surface area contributed by atoms with Crippen molar-refractivity contribution in [3.05, 3.63) is 84.4 Å². The molecule has 0 radical (unpaired) electrons. The second kappa shape index (κ2) is 10.7. The van der Waals surface area contributed by atoms with Crippen molar-refractivity contribution in [2.45, 2.75) is 6.18 Å². The second-order valence-corrected chi connectivity index (χ2v) is 7.37. The minimum Gasteiger partial charge on any atom is -0.457 e. The molecular weight excluding hydrogens is 511 g/mol. The number of nitrogens with zero attached hydrogens (tertiary/aromatic N) is 4. The van der Waals surface area contributed by atoms with Gasteiger partial charge in [0.15, 0.2) is 5.69 Å². The fourth-order valence-electron chi connectivity index (χ4n) is 3.14. The van der Waals surface area contributed by atoms with Crippen LogP contribution in [0.25, 0.3) is 5.69 Å². The van der Waals surface area contributed by atoms with E-state index in [0.29, 0.717) is 11.4 Å². The third kappa shape index (κ3) is 6.39. The number of halogens is 3. The van der Waals surface area contributed by atoms with Gasteiger partial charge in [0.2, 0.25) is 0 Å². The Morgan fingerprint density at radius 1 is 0.895 bits per heavy atom. The predicted molar refractivity (Wildman–Crippen MR) is 125 cm³/mol. The molecule has 194 valence electrons. The average molecular weight is 527 g/mol. The van der Waals surface area contributed by atoms with Crippen molar-refractivity contribution in [1.29, 1.82) is 0 Å². The van der Waals surface area contributed by atoms with E-state index >= 15 is 0 Å². The standard InChI is InChI=1S/C23H16F3N7O5/c24-23(25,26)17-11-14(3-6-19(17)33-10-9-29-32-33)31-22(36)30-13-1-4-15(5-2-13)37-16-7-8-28-18(12-16)20(34)38-21(27)35/h1-12H,(H2,27,35)(H2,30,31,36). The lowest BCUT2D eigenvalue weighted by Crippen LogP contribution is -2.20. The van der Waals surface area contributed by atoms with Crippen LogP contribution in [0.3, 0.4) is 0 Å². The van der Waals surface area contributed by atoms with Gasteiger partial charge in [-0.1, -0.05) is 5.21 Å². The third-order valence-electron chi connectivity index (χ3n) is 4.71. The number of pyridine rings is 1. The lowest BCUT2D eigenvalue weighted by atomic mass is 10.1. The van der Waals surface area contributed by atoms with Gasteiger partial charge in [-0.3, -0.25) is 0 Å². The molecule has 0 aliphatic carbocycles. The topological polar surface area (TPSA) is 163 Å². The van der Waals surface area contributed by atoms with E-state index in [-0.39, 0.29) is 22.8 Å². The molecule has 0 saturated carbocycles. The molecule has 2 aromatic heterocycles. The molecule has 0 bridgehead atoms. The smallest absolute Gasteiger partial charge is 0.418 e. The first-order valence-electron chi connectivity index (χ1n) is 10.5. The number of benzene rings is 2. The van der Waals surface area contributed by atoms with Crippen molar-refractivity contribution in [3.8, 4) is 17.2 Å². The predicted octanol–water partition coefficient (Wildman–Crippen LogP) is 4.35. The molecule has 2 heterocycles. The Labute approximate surface area is 211 Å². The molecule has 3 amide bonds. The van der Waals surface area contributed by atoms with Gasteiger partial charge in [0.1, 0.15) is 11.5 Å². The van der Waals surface area contributed by atoms with Crippen LogP contribution in [0.4, 0.5) is 34.1 Å². The zero-order valence-corrected chi connectivity index (χ0v) is 19.0. The zero-order chi connectivity index (χ0) is 27.3. The molecule has 4 N–H and O–H groups in total. The summed E-state index contributed by atoms with van der Waals surface area (Å²) in [6.07, 6.45) is -2.21. The number of amides is 3. The van der Waals surface area contributed by atoms with Gasteiger partial charge in [0, 0.05) is 23.6 Å². The summed E-state index contributed by atoms with van der Waals surface area (Å²) < 4.78 is 51.5. The Balaban J connectivity index is 1.40. The number of rotatable bonds is 6. The highest BCUT2D eigenvalue weighted by atomic mass is 19.4. The van der Waals surface area contributed by atoms with E-state index in [1.54, 1.807) is 0 Å². The summed E-state index contributed by atoms with van der Waals surface area (Å²) in [7, 11) is 0. The Morgan fingerprint density at radius 2 is 1.61 bits per heavy atom. The van der Waals surface area contributed by atoms with Crippen LogP contribution < -0.4 is 21.1 Å². The maximum atomic E-state index is 13.6. The van der Waals surface area contributed by atoms with Crippen molar-refractivity contribution >= 4 is 29.5 Å². The van der Waals surface area contributed by atoms with E-state index in [9.17, 15) is 27.6 Å². The van der Waals surface area contributed by atoms with Crippen molar-refractivity contribution in [3.63, 3.8) is 0 Å². The van der Waals surface area contributed by atoms with Crippen LogP contribution in [0.5, 0.6) is 11.5 Å². The number of primary amides is 1. The second-order valence-electron chi connectivity index (χ2n) is 7.37. The number of ether oxygens (including phenoxy) is 2. The summed E-state index contributed by atoms with van der Waals surface area (Å²) >= 11 is 0. The fourth-order valence-corrected chi connectivity index (χ4v) is 3.14. The molecule has 0 atom stereocenters. The van der Waals surface area contributed by atoms with Gasteiger partial charge in [-0.2, -0.15) is 13.2 Å². The lowest BCUT2D eigenvalue weighted by molar-refractivity contribution is -0.137. The first-order valence-corrected chi connectivity index (χ1v) is 10.5. The van der Waals surface area contributed by atoms with Crippen LogP contribution in [-0.2, 0) is 10.9 Å². The number of esters is 1. The molecule has 4 rings (SSSR count). The van der Waals surface area contributed by atoms with Gasteiger partial charge in [-0.15, -0.1) is 5.10 Å². The molecule has 2 aromatic carbocycles. The number of hydrogen-bond donors (Lipinski definition) is 3. The number of nitrogens with two attached hydrogens (primary N) is 1. The van der Waals surface area contributed by atoms with E-state index in [1.165, 1.54) is 61.1 Å². The Bertz CT molecular complexity index is 1480. The molecule has 0 spiro atoms. The monoisotopic (exact) mass is 527 g/mol. The van der Waals surface area contributed by atoms with Crippen LogP contribution in [0, 0.1) is 0 Å². The average Bonchev–Trinajstić information content (AvgIpc) is 3.39. The van der Waals surface area contributed by atoms with E-state index in [2.05, 4.69) is 30.7 Å². The zero-order valence-electron chi connectivity index (χ0n) is 19.0. The number of urea groups is 1. The summed E-state index contributed by atoms with van der Waals surface area (Å²) in [6.45, 7) is 0. The minimum absolute atomic E-state index is 0.0954. The van der Waals surface area contributed by atoms with Crippen molar-refractivity contribution in [2.75, 3.05) is 10.6 Å². The number of carbonyl (C=O) groups is 3. The van der Waals surface area contributed by atoms with Crippen LogP contribution in [0.1, 0.15) is 16.1 Å². The maximum Gasteiger partial charge on any atom is 0.418 e. The van der Waals surface area contributed by atoms with Crippen molar-refractivity contribution in [1.82, 2.24) is 20.0 Å². The molecular formula is C23H16F3N7O5. The largest absolute Gasteiger partial charge is 0.457 e. The number of nitrogens with one attached hydrogen (secondary N) is 2. The van der Waals surface area contributed by atoms with E-state index in [4.69, 9.17) is 10.5 Å². The van der Waals surface area contributed by atoms with Gasteiger partial charge in [-0.25, -0.2) is 24.0 Å². The molecule has 0 aliphatic rings. The molecule has 38 heavy (non-hydrogen) atoms. The number of hydrogen-bond acceptors (Lipinski definition) is 8. The summed E-state index contributed by atoms with van der Waals surface area (Å²) in [4.78, 5) is 38.6. The van der Waals surface area contributed by atoms with Crippen LogP contribution in [-0.4, -0.2) is 38.1 Å². The SMILES string of the molecule is NC(=O)OC(=O)c1cc(Oc2ccc(NC(=O)Nc3ccc(-n4ccnn4)c(C(F)(F)F)c3)cc2)ccn1. The summed E-state index contributed by atoms with van der Waals surface area (Å²) in [5, 5.41) is 11.9. The highest BCUT2D eigenvalue weighted by Crippen LogP contribution is 2.35. The summed E-state index contributed by atoms with van der Waals surface area (Å²) in [5.74, 6) is -0.538. The summed E-state index contributed by atoms with van der Waals surface area (Å²) in [5.41, 5.74) is 3.56. The molecule has 0 aliphatic heterocycles. The normalized spacial score (nSPS) is 10.9. The highest BCUT2D eigenvalue weighted by molar-refractivity contribution is 6.00. The molecule has 0 unspecified atom stereocenters. The van der Waals surface area contributed by atoms with Crippen molar-refractivity contribution < 1.29 is 37.0 Å². The van der Waals surface area contributed by atoms with Gasteiger partial charge >= 0.3 is 24.3 Å². The summed E-state index contributed by atoms with van der Waals surface area (Å²) in [6, 6.07) is 11.1. The quantitative estimate of drug-likeness (QED) is 0.246. The van der Waals surface area contributed by atoms with E-state index in [1.807, 2.05) is 0 Å². The number of aromatic nitrogens is 4. The van der Waals surface area contributed by atoms with Crippen LogP contribution in [0.2, 0.25) is 0 Å². The van der Waals surface area contributed by atoms with E-state index < -0.39 is 29.8 Å². The number of anilines is 2. The Hall–Kier alpha value is -5.47. The third-order valence-corrected chi connectivity index (χ3v) is 4.71. The number of alkyl halides is 3. The first kappa shape index (κ1) is 25.6. The van der Waals surface area contributed by atoms with Gasteiger partial charge in [-0.05, 0) is 48.5 Å². The first-order chi connectivity index (χ1) is 18.1. The Kier molecular flexibility index (Phi) is 7.18. The maximum absolute atomic E-state index is 13.6. The molecule has 4 aromatic rings. The molecule has 15 heteroatoms. The van der Waals surface area contributed by atoms with Gasteiger partial charge in [0.05, 0.1) is 23.6 Å². The Morgan fingerprint density at radius 3 is 2.26 bits per heavy atom. The van der Waals surface area contributed by atoms with Crippen molar-refractivity contribution in [2.24, 2.45) is 5.73 Å². The lowest BCUT2D eigenvalue weighted by Gasteiger charge is -2.15. The molecule has 12 nitrogen and oxygen atoms in total. The van der Waals surface area contributed by atoms with Gasteiger partial charge < -0.3 is 25.8 Å². The number of carbonyl (C=O) groups excluding carboxylic acids is 3.